The zero-order valence-electron chi connectivity index (χ0n) is 2.62. The average molecular weight is 188 g/mol. The molecule has 0 aliphatic rings. The monoisotopic (exact) mass is 188 g/mol. The van der Waals surface area contributed by atoms with Crippen LogP contribution in [0.2, 0.25) is 0 Å². The van der Waals surface area contributed by atoms with Gasteiger partial charge in [0.05, 0.1) is 0 Å². The summed E-state index contributed by atoms with van der Waals surface area (Å²) in [5.74, 6) is 0. The Labute approximate surface area is 87.5 Å². The van der Waals surface area contributed by atoms with Gasteiger partial charge >= 0.3 is 48.1 Å². The molecule has 0 heterocycles. The van der Waals surface area contributed by atoms with Gasteiger partial charge in [0, 0.05) is 0 Å². The molecule has 0 atom stereocenters. The van der Waals surface area contributed by atoms with Crippen LogP contribution in [0.15, 0.2) is 0 Å². The summed E-state index contributed by atoms with van der Waals surface area (Å²) in [5.41, 5.74) is 0. The van der Waals surface area contributed by atoms with Crippen molar-refractivity contribution in [2.75, 3.05) is 0 Å². The van der Waals surface area contributed by atoms with Gasteiger partial charge < -0.3 is 5.48 Å². The van der Waals surface area contributed by atoms with E-state index in [4.69, 9.17) is 17.5 Å². The Balaban J connectivity index is -0.0000000267. The van der Waals surface area contributed by atoms with Crippen LogP contribution in [0.25, 0.3) is 0 Å². The van der Waals surface area contributed by atoms with Crippen molar-refractivity contribution in [3.63, 3.8) is 0 Å². The van der Waals surface area contributed by atoms with E-state index in [2.05, 4.69) is 0 Å². The summed E-state index contributed by atoms with van der Waals surface area (Å²) in [6.07, 6.45) is 0. The van der Waals surface area contributed by atoms with E-state index in [1.807, 2.05) is 0 Å². The van der Waals surface area contributed by atoms with Gasteiger partial charge in [-0.25, -0.2) is 0 Å². The second kappa shape index (κ2) is 8.62. The van der Waals surface area contributed by atoms with Crippen LogP contribution in [0.1, 0.15) is 0 Å². The van der Waals surface area contributed by atoms with Crippen LogP contribution in [-0.4, -0.2) is 78.1 Å². The van der Waals surface area contributed by atoms with Crippen molar-refractivity contribution in [3.05, 3.63) is 0 Å². The summed E-state index contributed by atoms with van der Waals surface area (Å²) in [6.45, 7) is 0. The topological polar surface area (TPSA) is 106 Å². The van der Waals surface area contributed by atoms with Crippen molar-refractivity contribution in [1.29, 1.82) is 0 Å². The Bertz CT molecular complexity index is 95.6. The van der Waals surface area contributed by atoms with Gasteiger partial charge in [0.25, 0.3) is 0 Å². The molecule has 0 aromatic carbocycles. The molecule has 0 bridgehead atoms. The molecule has 0 aromatic rings. The fourth-order valence-corrected chi connectivity index (χ4v) is 0. The van der Waals surface area contributed by atoms with E-state index in [1.54, 1.807) is 0 Å². The first kappa shape index (κ1) is 22.6. The fourth-order valence-electron chi connectivity index (χ4n) is 0. The summed E-state index contributed by atoms with van der Waals surface area (Å²) in [5, 5.41) is 0. The van der Waals surface area contributed by atoms with Gasteiger partial charge in [-0.2, -0.15) is 8.42 Å². The van der Waals surface area contributed by atoms with E-state index in [-0.39, 0.29) is 60.6 Å². The van der Waals surface area contributed by atoms with E-state index in [0.29, 0.717) is 0 Å². The number of hydrogen-bond donors (Lipinski definition) is 2. The molecule has 5 nitrogen and oxygen atoms in total. The molecule has 0 saturated heterocycles. The normalized spacial score (nSPS) is 7.25. The third kappa shape index (κ3) is 127. The van der Waals surface area contributed by atoms with Gasteiger partial charge in [0.2, 0.25) is 0 Å². The minimum atomic E-state index is -4.67. The van der Waals surface area contributed by atoms with Crippen LogP contribution in [0.3, 0.4) is 0 Å². The average Bonchev–Trinajstić information content (AvgIpc) is 0.722. The Morgan fingerprint density at radius 3 is 1.12 bits per heavy atom. The third-order valence-corrected chi connectivity index (χ3v) is 0. The Morgan fingerprint density at radius 2 is 1.12 bits per heavy atom. The van der Waals surface area contributed by atoms with Gasteiger partial charge in [-0.3, -0.25) is 9.11 Å². The first-order valence-corrected chi connectivity index (χ1v) is 2.10. The Morgan fingerprint density at radius 1 is 1.12 bits per heavy atom. The molecule has 0 aliphatic carbocycles. The predicted octanol–water partition coefficient (Wildman–Crippen LogP) is -3.58. The van der Waals surface area contributed by atoms with Crippen molar-refractivity contribution >= 4 is 65.5 Å². The second-order valence-corrected chi connectivity index (χ2v) is 1.34. The van der Waals surface area contributed by atoms with Crippen LogP contribution in [0.5, 0.6) is 0 Å². The quantitative estimate of drug-likeness (QED) is 0.303. The molecule has 50 valence electrons. The summed E-state index contributed by atoms with van der Waals surface area (Å²) in [4.78, 5) is 0. The zero-order chi connectivity index (χ0) is 4.50. The molecule has 0 unspecified atom stereocenters. The van der Waals surface area contributed by atoms with Gasteiger partial charge in [0.15, 0.2) is 17.4 Å². The van der Waals surface area contributed by atoms with Crippen LogP contribution < -0.4 is 0 Å². The summed E-state index contributed by atoms with van der Waals surface area (Å²) in [7, 11) is -4.67. The predicted molar refractivity (Wildman–Crippen MR) is 36.3 cm³/mol. The van der Waals surface area contributed by atoms with Crippen molar-refractivity contribution in [2.24, 2.45) is 0 Å². The molecular weight excluding hydrogens is 179 g/mol. The maximum atomic E-state index is 8.74. The van der Waals surface area contributed by atoms with E-state index < -0.39 is 10.4 Å². The van der Waals surface area contributed by atoms with Crippen LogP contribution in [0.4, 0.5) is 0 Å². The maximum absolute atomic E-state index is 8.74. The molecule has 8 heavy (non-hydrogen) atoms. The van der Waals surface area contributed by atoms with Gasteiger partial charge in [0.1, 0.15) is 0 Å². The minimum absolute atomic E-state index is 0. The standard InChI is InChI=1S/Al.Ca.H2O4S.H2O.5H/c;;1-5(2,3)4;;;;;;/h;;(H2,1,2,3,4);1H2;;;;;. The van der Waals surface area contributed by atoms with Crippen molar-refractivity contribution in [1.82, 2.24) is 0 Å². The molecule has 0 fully saturated rings. The van der Waals surface area contributed by atoms with Gasteiger partial charge in [-0.15, -0.1) is 0 Å². The number of hydrogen-bond acceptors (Lipinski definition) is 2. The van der Waals surface area contributed by atoms with Crippen molar-refractivity contribution < 1.29 is 23.0 Å². The Kier molecular flexibility index (Phi) is 24.4. The summed E-state index contributed by atoms with van der Waals surface area (Å²) in [6, 6.07) is 0. The molecular formula is H9AlCaO5S. The third-order valence-electron chi connectivity index (χ3n) is 0. The molecule has 4 N–H and O–H groups in total. The van der Waals surface area contributed by atoms with Crippen molar-refractivity contribution in [2.45, 2.75) is 0 Å². The van der Waals surface area contributed by atoms with E-state index in [0.717, 1.165) is 0 Å². The Hall–Kier alpha value is 1.62. The molecule has 0 amide bonds. The van der Waals surface area contributed by atoms with Crippen LogP contribution in [0, 0.1) is 0 Å². The molecule has 8 heteroatoms. The molecule has 0 aliphatic heterocycles. The zero-order valence-corrected chi connectivity index (χ0v) is 3.44. The first-order valence-electron chi connectivity index (χ1n) is 0.698. The summed E-state index contributed by atoms with van der Waals surface area (Å²) < 4.78 is 31.6. The van der Waals surface area contributed by atoms with Gasteiger partial charge in [-0.05, 0) is 0 Å². The number of rotatable bonds is 0. The second-order valence-electron chi connectivity index (χ2n) is 0.448. The molecule has 0 radical (unpaired) electrons. The molecule has 0 aromatic heterocycles. The van der Waals surface area contributed by atoms with Crippen LogP contribution in [-0.2, 0) is 10.4 Å². The van der Waals surface area contributed by atoms with Gasteiger partial charge in [-0.1, -0.05) is 0 Å². The first-order chi connectivity index (χ1) is 2.00. The molecule has 0 rings (SSSR count). The molecule has 0 spiro atoms. The van der Waals surface area contributed by atoms with E-state index in [9.17, 15) is 0 Å². The summed E-state index contributed by atoms with van der Waals surface area (Å²) >= 11 is 0. The van der Waals surface area contributed by atoms with Crippen molar-refractivity contribution in [3.8, 4) is 0 Å². The fraction of sp³-hybridized carbons (Fsp3) is 0. The van der Waals surface area contributed by atoms with Crippen LogP contribution >= 0.6 is 0 Å². The van der Waals surface area contributed by atoms with E-state index in [1.165, 1.54) is 0 Å². The molecule has 0 saturated carbocycles. The van der Waals surface area contributed by atoms with E-state index >= 15 is 0 Å². The SMILES string of the molecule is O.O=S(=O)(O)O.[AlH3].[CaH2].